The van der Waals surface area contributed by atoms with Gasteiger partial charge in [-0.2, -0.15) is 0 Å². The Kier molecular flexibility index (Phi) is 6.40. The van der Waals surface area contributed by atoms with E-state index in [0.717, 1.165) is 25.7 Å². The van der Waals surface area contributed by atoms with Crippen molar-refractivity contribution in [3.05, 3.63) is 0 Å². The van der Waals surface area contributed by atoms with Crippen LogP contribution >= 0.6 is 0 Å². The summed E-state index contributed by atoms with van der Waals surface area (Å²) in [5, 5.41) is 43.5. The fraction of sp³-hybridized carbons (Fsp3) is 1.00. The van der Waals surface area contributed by atoms with E-state index in [2.05, 4.69) is 27.7 Å². The van der Waals surface area contributed by atoms with Crippen LogP contribution < -0.4 is 0 Å². The van der Waals surface area contributed by atoms with Crippen molar-refractivity contribution in [2.45, 2.75) is 129 Å². The summed E-state index contributed by atoms with van der Waals surface area (Å²) >= 11 is 0. The van der Waals surface area contributed by atoms with E-state index in [0.29, 0.717) is 53.8 Å². The Morgan fingerprint density at radius 2 is 1.62 bits per heavy atom. The van der Waals surface area contributed by atoms with E-state index in [-0.39, 0.29) is 5.41 Å². The molecule has 0 amide bonds. The summed E-state index contributed by atoms with van der Waals surface area (Å²) in [6.07, 6.45) is 8.50. The van der Waals surface area contributed by atoms with Gasteiger partial charge in [0.2, 0.25) is 0 Å². The molecular weight excluding hydrogens is 400 g/mol. The van der Waals surface area contributed by atoms with E-state index in [1.54, 1.807) is 0 Å². The molecule has 0 aliphatic heterocycles. The van der Waals surface area contributed by atoms with Crippen LogP contribution in [0, 0.1) is 46.3 Å². The summed E-state index contributed by atoms with van der Waals surface area (Å²) in [5.74, 6) is 3.22. The van der Waals surface area contributed by atoms with E-state index in [4.69, 9.17) is 0 Å². The lowest BCUT2D eigenvalue weighted by molar-refractivity contribution is -0.264. The van der Waals surface area contributed by atoms with Crippen molar-refractivity contribution in [2.75, 3.05) is 0 Å². The van der Waals surface area contributed by atoms with Crippen molar-refractivity contribution in [3.63, 3.8) is 0 Å². The van der Waals surface area contributed by atoms with Crippen LogP contribution in [0.1, 0.15) is 106 Å². The van der Waals surface area contributed by atoms with Crippen LogP contribution in [0.3, 0.4) is 0 Å². The van der Waals surface area contributed by atoms with Crippen LogP contribution in [-0.2, 0) is 0 Å². The third-order valence-electron chi connectivity index (χ3n) is 11.9. The molecule has 11 atom stereocenters. The van der Waals surface area contributed by atoms with Crippen molar-refractivity contribution in [1.29, 1.82) is 0 Å². The average Bonchev–Trinajstić information content (AvgIpc) is 3.05. The topological polar surface area (TPSA) is 80.9 Å². The van der Waals surface area contributed by atoms with E-state index in [9.17, 15) is 20.4 Å². The van der Waals surface area contributed by atoms with Crippen molar-refractivity contribution >= 4 is 0 Å². The summed E-state index contributed by atoms with van der Waals surface area (Å²) in [6.45, 7) is 13.2. The first kappa shape index (κ1) is 24.9. The summed E-state index contributed by atoms with van der Waals surface area (Å²) < 4.78 is 0. The third kappa shape index (κ3) is 3.71. The normalized spacial score (nSPS) is 50.8. The van der Waals surface area contributed by atoms with Crippen LogP contribution in [0.25, 0.3) is 0 Å². The predicted molar refractivity (Wildman–Crippen MR) is 128 cm³/mol. The zero-order valence-electron chi connectivity index (χ0n) is 21.5. The first-order valence-corrected chi connectivity index (χ1v) is 13.5. The lowest BCUT2D eigenvalue weighted by atomic mass is 9.42. The summed E-state index contributed by atoms with van der Waals surface area (Å²) in [5.41, 5.74) is -1.73. The molecule has 0 heterocycles. The highest BCUT2D eigenvalue weighted by Crippen LogP contribution is 2.69. The van der Waals surface area contributed by atoms with Crippen LogP contribution in [0.5, 0.6) is 0 Å². The third-order valence-corrected chi connectivity index (χ3v) is 11.9. The molecule has 4 saturated carbocycles. The zero-order chi connectivity index (χ0) is 23.7. The molecule has 0 aromatic carbocycles. The molecule has 4 rings (SSSR count). The lowest BCUT2D eigenvalue weighted by Crippen LogP contribution is -2.68. The average molecular weight is 451 g/mol. The van der Waals surface area contributed by atoms with E-state index in [1.807, 2.05) is 13.8 Å². The van der Waals surface area contributed by atoms with Gasteiger partial charge >= 0.3 is 0 Å². The minimum atomic E-state index is -1.14. The van der Waals surface area contributed by atoms with Crippen molar-refractivity contribution in [1.82, 2.24) is 0 Å². The lowest BCUT2D eigenvalue weighted by Gasteiger charge is -2.65. The molecule has 0 radical (unpaired) electrons. The number of hydrogen-bond acceptors (Lipinski definition) is 4. The molecule has 4 unspecified atom stereocenters. The molecule has 4 N–H and O–H groups in total. The second kappa shape index (κ2) is 8.21. The first-order valence-electron chi connectivity index (χ1n) is 13.5. The minimum absolute atomic E-state index is 0.290. The summed E-state index contributed by atoms with van der Waals surface area (Å²) in [7, 11) is 0. The molecule has 0 spiro atoms. The number of hydrogen-bond donors (Lipinski definition) is 4. The largest absolute Gasteiger partial charge is 0.393 e. The number of aliphatic hydroxyl groups is 4. The van der Waals surface area contributed by atoms with Gasteiger partial charge in [0, 0.05) is 11.8 Å². The standard InChI is InChI=1S/C28H50O4/c1-17(7-8-18(2)25(3,4)31)21-9-10-22-20-15-24(30)28(32)16-19(29)11-14-27(28,6)23(20)12-13-26(21,22)5/h17-24,29-32H,7-16H2,1-6H3/t17-,18+,19+,20?,21?,22?,23?,24+,26-,27-,28-/m1/s1. The summed E-state index contributed by atoms with van der Waals surface area (Å²) in [6, 6.07) is 0. The van der Waals surface area contributed by atoms with E-state index in [1.165, 1.54) is 25.7 Å². The van der Waals surface area contributed by atoms with Gasteiger partial charge < -0.3 is 20.4 Å². The van der Waals surface area contributed by atoms with E-state index < -0.39 is 23.4 Å². The highest BCUT2D eigenvalue weighted by Gasteiger charge is 2.67. The Hall–Kier alpha value is -0.160. The highest BCUT2D eigenvalue weighted by atomic mass is 16.3. The van der Waals surface area contributed by atoms with Crippen molar-refractivity contribution in [2.24, 2.45) is 46.3 Å². The first-order chi connectivity index (χ1) is 14.7. The minimum Gasteiger partial charge on any atom is -0.393 e. The molecule has 186 valence electrons. The van der Waals surface area contributed by atoms with Crippen LogP contribution in [-0.4, -0.2) is 43.8 Å². The van der Waals surface area contributed by atoms with Gasteiger partial charge in [-0.1, -0.05) is 34.1 Å². The molecule has 0 saturated heterocycles. The Balaban J connectivity index is 1.51. The Bertz CT molecular complexity index is 687. The highest BCUT2D eigenvalue weighted by molar-refractivity contribution is 5.17. The predicted octanol–water partition coefficient (Wildman–Crippen LogP) is 4.92. The Morgan fingerprint density at radius 3 is 2.28 bits per heavy atom. The number of rotatable bonds is 5. The van der Waals surface area contributed by atoms with Gasteiger partial charge in [0.05, 0.1) is 23.4 Å². The van der Waals surface area contributed by atoms with Crippen molar-refractivity contribution < 1.29 is 20.4 Å². The molecule has 4 heteroatoms. The fourth-order valence-corrected chi connectivity index (χ4v) is 9.30. The van der Waals surface area contributed by atoms with Gasteiger partial charge in [-0.15, -0.1) is 0 Å². The number of fused-ring (bicyclic) bond motifs is 5. The molecular formula is C28H50O4. The molecule has 4 aliphatic carbocycles. The maximum absolute atomic E-state index is 11.6. The van der Waals surface area contributed by atoms with E-state index >= 15 is 0 Å². The van der Waals surface area contributed by atoms with Crippen molar-refractivity contribution in [3.8, 4) is 0 Å². The maximum atomic E-state index is 11.6. The second-order valence-corrected chi connectivity index (χ2v) is 13.7. The molecule has 0 bridgehead atoms. The SMILES string of the molecule is C[C@H](CC[C@H](C)C(C)(C)O)C1CCC2C3C[C@H](O)[C@]4(O)C[C@@H](O)CC[C@]4(C)C3CC[C@@]21C. The molecule has 4 nitrogen and oxygen atoms in total. The Labute approximate surface area is 196 Å². The monoisotopic (exact) mass is 450 g/mol. The van der Waals surface area contributed by atoms with Crippen LogP contribution in [0.15, 0.2) is 0 Å². The van der Waals surface area contributed by atoms with Crippen LogP contribution in [0.2, 0.25) is 0 Å². The second-order valence-electron chi connectivity index (χ2n) is 13.7. The Morgan fingerprint density at radius 1 is 0.938 bits per heavy atom. The molecule has 0 aromatic heterocycles. The maximum Gasteiger partial charge on any atom is 0.0985 e. The zero-order valence-corrected chi connectivity index (χ0v) is 21.5. The van der Waals surface area contributed by atoms with Gasteiger partial charge in [-0.05, 0) is 106 Å². The summed E-state index contributed by atoms with van der Waals surface area (Å²) in [4.78, 5) is 0. The molecule has 4 aliphatic rings. The smallest absolute Gasteiger partial charge is 0.0985 e. The van der Waals surface area contributed by atoms with Gasteiger partial charge in [-0.25, -0.2) is 0 Å². The fourth-order valence-electron chi connectivity index (χ4n) is 9.30. The van der Waals surface area contributed by atoms with Gasteiger partial charge in [0.15, 0.2) is 0 Å². The molecule has 4 fully saturated rings. The molecule has 0 aromatic rings. The molecule has 32 heavy (non-hydrogen) atoms. The van der Waals surface area contributed by atoms with Gasteiger partial charge in [0.25, 0.3) is 0 Å². The number of aliphatic hydroxyl groups excluding tert-OH is 2. The quantitative estimate of drug-likeness (QED) is 0.479. The van der Waals surface area contributed by atoms with Crippen LogP contribution in [0.4, 0.5) is 0 Å². The van der Waals surface area contributed by atoms with Gasteiger partial charge in [0.1, 0.15) is 0 Å². The van der Waals surface area contributed by atoms with Gasteiger partial charge in [-0.3, -0.25) is 0 Å².